The van der Waals surface area contributed by atoms with Gasteiger partial charge in [-0.1, -0.05) is 29.3 Å². The summed E-state index contributed by atoms with van der Waals surface area (Å²) < 4.78 is 10.7. The van der Waals surface area contributed by atoms with Gasteiger partial charge in [-0.3, -0.25) is 0 Å². The van der Waals surface area contributed by atoms with E-state index >= 15 is 0 Å². The minimum Gasteiger partial charge on any atom is -0.441 e. The molecule has 0 atom stereocenters. The Morgan fingerprint density at radius 3 is 2.71 bits per heavy atom. The van der Waals surface area contributed by atoms with Crippen molar-refractivity contribution in [1.82, 2.24) is 10.3 Å². The first kappa shape index (κ1) is 16.3. The van der Waals surface area contributed by atoms with Gasteiger partial charge in [0.15, 0.2) is 11.7 Å². The molecule has 0 unspecified atom stereocenters. The van der Waals surface area contributed by atoms with Crippen molar-refractivity contribution >= 4 is 23.2 Å². The first-order valence-corrected chi connectivity index (χ1v) is 7.56. The van der Waals surface area contributed by atoms with Crippen LogP contribution in [-0.2, 0) is 11.2 Å². The number of aromatic nitrogens is 1. The summed E-state index contributed by atoms with van der Waals surface area (Å²) in [5.74, 6) is 1.29. The van der Waals surface area contributed by atoms with Crippen LogP contribution in [0.4, 0.5) is 0 Å². The van der Waals surface area contributed by atoms with Gasteiger partial charge in [-0.05, 0) is 25.1 Å². The van der Waals surface area contributed by atoms with Crippen molar-refractivity contribution in [1.29, 1.82) is 0 Å². The Morgan fingerprint density at radius 2 is 2.00 bits per heavy atom. The van der Waals surface area contributed by atoms with E-state index in [0.717, 1.165) is 25.9 Å². The smallest absolute Gasteiger partial charge is 0.194 e. The number of ether oxygens (including phenoxy) is 1. The third kappa shape index (κ3) is 4.71. The molecule has 0 spiro atoms. The zero-order valence-corrected chi connectivity index (χ0v) is 13.4. The summed E-state index contributed by atoms with van der Waals surface area (Å²) in [5, 5.41) is 4.40. The number of hydrogen-bond donors (Lipinski definition) is 1. The van der Waals surface area contributed by atoms with Gasteiger partial charge in [-0.15, -0.1) is 0 Å². The number of rotatable bonds is 8. The lowest BCUT2D eigenvalue weighted by molar-refractivity contribution is 0.199. The molecule has 1 heterocycles. The van der Waals surface area contributed by atoms with Crippen molar-refractivity contribution in [2.45, 2.75) is 12.8 Å². The van der Waals surface area contributed by atoms with Crippen molar-refractivity contribution < 1.29 is 9.15 Å². The maximum Gasteiger partial charge on any atom is 0.194 e. The van der Waals surface area contributed by atoms with E-state index in [1.807, 2.05) is 0 Å². The highest BCUT2D eigenvalue weighted by Gasteiger charge is 2.13. The molecule has 0 saturated carbocycles. The number of oxazole rings is 1. The second-order valence-corrected chi connectivity index (χ2v) is 5.38. The molecule has 1 N–H and O–H groups in total. The number of hydrogen-bond acceptors (Lipinski definition) is 4. The topological polar surface area (TPSA) is 47.3 Å². The molecule has 114 valence electrons. The number of aryl methyl sites for hydroxylation is 1. The Bertz CT molecular complexity index is 552. The third-order valence-electron chi connectivity index (χ3n) is 2.99. The molecule has 0 fully saturated rings. The highest BCUT2D eigenvalue weighted by Crippen LogP contribution is 2.34. The van der Waals surface area contributed by atoms with E-state index in [1.165, 1.54) is 0 Å². The Morgan fingerprint density at radius 1 is 1.24 bits per heavy atom. The van der Waals surface area contributed by atoms with Gasteiger partial charge in [0.2, 0.25) is 0 Å². The van der Waals surface area contributed by atoms with Gasteiger partial charge in [0.05, 0.1) is 28.4 Å². The predicted molar refractivity (Wildman–Crippen MR) is 85.0 cm³/mol. The van der Waals surface area contributed by atoms with Crippen LogP contribution in [0.3, 0.4) is 0 Å². The lowest BCUT2D eigenvalue weighted by Crippen LogP contribution is -2.20. The number of halogens is 2. The van der Waals surface area contributed by atoms with Gasteiger partial charge in [0, 0.05) is 20.1 Å². The second-order valence-electron chi connectivity index (χ2n) is 4.56. The number of nitrogens with zero attached hydrogens (tertiary/aromatic N) is 1. The van der Waals surface area contributed by atoms with E-state index in [4.69, 9.17) is 32.4 Å². The Labute approximate surface area is 134 Å². The molecular weight excluding hydrogens is 311 g/mol. The summed E-state index contributed by atoms with van der Waals surface area (Å²) in [5.41, 5.74) is 0.692. The van der Waals surface area contributed by atoms with Gasteiger partial charge in [-0.25, -0.2) is 4.98 Å². The summed E-state index contributed by atoms with van der Waals surface area (Å²) in [7, 11) is 1.69. The molecular formula is C15H18Cl2N2O2. The van der Waals surface area contributed by atoms with E-state index in [0.29, 0.717) is 33.9 Å². The predicted octanol–water partition coefficient (Wildman–Crippen LogP) is 3.82. The lowest BCUT2D eigenvalue weighted by atomic mass is 10.2. The summed E-state index contributed by atoms with van der Waals surface area (Å²) in [6, 6.07) is 5.37. The van der Waals surface area contributed by atoms with Crippen LogP contribution < -0.4 is 5.32 Å². The van der Waals surface area contributed by atoms with Crippen LogP contribution in [0.1, 0.15) is 12.3 Å². The summed E-state index contributed by atoms with van der Waals surface area (Å²) in [6.45, 7) is 2.46. The minimum absolute atomic E-state index is 0.562. The highest BCUT2D eigenvalue weighted by molar-refractivity contribution is 6.39. The fourth-order valence-corrected chi connectivity index (χ4v) is 2.52. The van der Waals surface area contributed by atoms with E-state index in [1.54, 1.807) is 31.5 Å². The van der Waals surface area contributed by atoms with Gasteiger partial charge in [0.25, 0.3) is 0 Å². The maximum atomic E-state index is 6.15. The standard InChI is InChI=1S/C15H18Cl2N2O2/c1-20-9-8-18-7-3-6-14-19-10-13(21-14)15-11(16)4-2-5-12(15)17/h2,4-5,10,18H,3,6-9H2,1H3. The van der Waals surface area contributed by atoms with E-state index < -0.39 is 0 Å². The fourth-order valence-electron chi connectivity index (χ4n) is 1.94. The molecule has 2 aromatic rings. The molecule has 0 aliphatic heterocycles. The van der Waals surface area contributed by atoms with Crippen molar-refractivity contribution in [3.63, 3.8) is 0 Å². The first-order valence-electron chi connectivity index (χ1n) is 6.81. The van der Waals surface area contributed by atoms with E-state index in [2.05, 4.69) is 10.3 Å². The van der Waals surface area contributed by atoms with Gasteiger partial charge in [-0.2, -0.15) is 0 Å². The highest BCUT2D eigenvalue weighted by atomic mass is 35.5. The molecule has 2 rings (SSSR count). The largest absolute Gasteiger partial charge is 0.441 e. The van der Waals surface area contributed by atoms with E-state index in [9.17, 15) is 0 Å². The zero-order chi connectivity index (χ0) is 15.1. The molecule has 1 aromatic carbocycles. The van der Waals surface area contributed by atoms with Crippen LogP contribution in [0.2, 0.25) is 10.0 Å². The molecule has 0 aliphatic carbocycles. The Hall–Kier alpha value is -1.07. The average Bonchev–Trinajstić information content (AvgIpc) is 2.91. The molecule has 0 radical (unpaired) electrons. The van der Waals surface area contributed by atoms with Gasteiger partial charge < -0.3 is 14.5 Å². The van der Waals surface area contributed by atoms with Gasteiger partial charge >= 0.3 is 0 Å². The molecule has 21 heavy (non-hydrogen) atoms. The molecule has 0 amide bonds. The molecule has 6 heteroatoms. The zero-order valence-electron chi connectivity index (χ0n) is 11.9. The van der Waals surface area contributed by atoms with E-state index in [-0.39, 0.29) is 0 Å². The minimum atomic E-state index is 0.562. The maximum absolute atomic E-state index is 6.15. The molecule has 0 aliphatic rings. The van der Waals surface area contributed by atoms with Crippen molar-refractivity contribution in [2.24, 2.45) is 0 Å². The monoisotopic (exact) mass is 328 g/mol. The van der Waals surface area contributed by atoms with Crippen LogP contribution in [0.25, 0.3) is 11.3 Å². The lowest BCUT2D eigenvalue weighted by Gasteiger charge is -2.03. The Balaban J connectivity index is 1.90. The van der Waals surface area contributed by atoms with Gasteiger partial charge in [0.1, 0.15) is 0 Å². The molecule has 0 saturated heterocycles. The average molecular weight is 329 g/mol. The third-order valence-corrected chi connectivity index (χ3v) is 3.62. The number of benzene rings is 1. The van der Waals surface area contributed by atoms with Crippen molar-refractivity contribution in [3.05, 3.63) is 40.3 Å². The molecule has 1 aromatic heterocycles. The van der Waals surface area contributed by atoms with Crippen LogP contribution in [0.5, 0.6) is 0 Å². The molecule has 0 bridgehead atoms. The first-order chi connectivity index (χ1) is 10.2. The SMILES string of the molecule is COCCNCCCc1ncc(-c2c(Cl)cccc2Cl)o1. The Kier molecular flexibility index (Phi) is 6.51. The normalized spacial score (nSPS) is 11.0. The summed E-state index contributed by atoms with van der Waals surface area (Å²) in [6.07, 6.45) is 3.38. The van der Waals surface area contributed by atoms with Crippen molar-refractivity contribution in [3.8, 4) is 11.3 Å². The van der Waals surface area contributed by atoms with Crippen molar-refractivity contribution in [2.75, 3.05) is 26.8 Å². The van der Waals surface area contributed by atoms with Crippen LogP contribution >= 0.6 is 23.2 Å². The quantitative estimate of drug-likeness (QED) is 0.748. The summed E-state index contributed by atoms with van der Waals surface area (Å²) >= 11 is 12.3. The molecule has 4 nitrogen and oxygen atoms in total. The fraction of sp³-hybridized carbons (Fsp3) is 0.400. The van der Waals surface area contributed by atoms with Crippen LogP contribution in [0.15, 0.2) is 28.8 Å². The van der Waals surface area contributed by atoms with Crippen LogP contribution in [0, 0.1) is 0 Å². The summed E-state index contributed by atoms with van der Waals surface area (Å²) in [4.78, 5) is 4.27. The number of methoxy groups -OCH3 is 1. The number of nitrogens with one attached hydrogen (secondary N) is 1. The van der Waals surface area contributed by atoms with Crippen LogP contribution in [-0.4, -0.2) is 31.8 Å². The second kappa shape index (κ2) is 8.39.